The minimum absolute atomic E-state index is 0.139. The van der Waals surface area contributed by atoms with Crippen molar-refractivity contribution >= 4 is 21.8 Å². The highest BCUT2D eigenvalue weighted by atomic mass is 79.9. The first-order valence-electron chi connectivity index (χ1n) is 4.61. The van der Waals surface area contributed by atoms with Gasteiger partial charge in [-0.15, -0.1) is 6.42 Å². The second-order valence-electron chi connectivity index (χ2n) is 3.82. The summed E-state index contributed by atoms with van der Waals surface area (Å²) < 4.78 is 13.3. The Morgan fingerprint density at radius 2 is 2.19 bits per heavy atom. The molecule has 0 saturated heterocycles. The highest BCUT2D eigenvalue weighted by molar-refractivity contribution is 9.10. The van der Waals surface area contributed by atoms with Crippen molar-refractivity contribution in [2.24, 2.45) is 0 Å². The van der Waals surface area contributed by atoms with Gasteiger partial charge in [0.2, 0.25) is 0 Å². The number of carbonyl (C=O) groups is 1. The molecule has 0 aliphatic carbocycles. The largest absolute Gasteiger partial charge is 0.336 e. The van der Waals surface area contributed by atoms with E-state index in [0.717, 1.165) is 0 Å². The van der Waals surface area contributed by atoms with Crippen molar-refractivity contribution in [3.8, 4) is 12.3 Å². The molecule has 0 saturated carbocycles. The van der Waals surface area contributed by atoms with E-state index in [9.17, 15) is 9.18 Å². The molecule has 0 aromatic heterocycles. The van der Waals surface area contributed by atoms with Crippen LogP contribution in [0.4, 0.5) is 4.39 Å². The van der Waals surface area contributed by atoms with Gasteiger partial charge in [-0.1, -0.05) is 12.0 Å². The Bertz CT molecular complexity index is 463. The predicted molar refractivity (Wildman–Crippen MR) is 64.5 cm³/mol. The van der Waals surface area contributed by atoms with Crippen LogP contribution in [-0.4, -0.2) is 11.4 Å². The lowest BCUT2D eigenvalue weighted by Crippen LogP contribution is -2.42. The maximum Gasteiger partial charge on any atom is 0.253 e. The molecule has 0 unspecified atom stereocenters. The summed E-state index contributed by atoms with van der Waals surface area (Å²) in [6.07, 6.45) is 5.25. The molecule has 0 aliphatic rings. The Morgan fingerprint density at radius 3 is 2.75 bits per heavy atom. The van der Waals surface area contributed by atoms with Crippen LogP contribution in [0.25, 0.3) is 0 Å². The Hall–Kier alpha value is -1.34. The number of halogens is 2. The van der Waals surface area contributed by atoms with E-state index in [0.29, 0.717) is 0 Å². The number of amides is 1. The first-order valence-corrected chi connectivity index (χ1v) is 5.41. The molecule has 1 aromatic carbocycles. The zero-order valence-electron chi connectivity index (χ0n) is 8.97. The predicted octanol–water partition coefficient (Wildman–Crippen LogP) is 2.73. The molecular formula is C12H11BrFNO. The summed E-state index contributed by atoms with van der Waals surface area (Å²) in [6.45, 7) is 3.39. The summed E-state index contributed by atoms with van der Waals surface area (Å²) in [5, 5.41) is 2.62. The third-order valence-corrected chi connectivity index (χ3v) is 2.79. The van der Waals surface area contributed by atoms with E-state index < -0.39 is 17.3 Å². The highest BCUT2D eigenvalue weighted by Crippen LogP contribution is 2.20. The van der Waals surface area contributed by atoms with E-state index in [-0.39, 0.29) is 10.0 Å². The molecule has 4 heteroatoms. The molecule has 1 aromatic rings. The minimum Gasteiger partial charge on any atom is -0.336 e. The molecule has 1 rings (SSSR count). The molecule has 16 heavy (non-hydrogen) atoms. The van der Waals surface area contributed by atoms with E-state index in [2.05, 4.69) is 27.2 Å². The van der Waals surface area contributed by atoms with E-state index in [1.165, 1.54) is 18.2 Å². The molecule has 0 fully saturated rings. The molecule has 0 bridgehead atoms. The molecule has 1 amide bonds. The van der Waals surface area contributed by atoms with Gasteiger partial charge in [-0.25, -0.2) is 4.39 Å². The summed E-state index contributed by atoms with van der Waals surface area (Å²) in [6, 6.07) is 4.26. The number of hydrogen-bond donors (Lipinski definition) is 1. The zero-order valence-corrected chi connectivity index (χ0v) is 10.6. The molecule has 0 atom stereocenters. The van der Waals surface area contributed by atoms with Gasteiger partial charge in [-0.3, -0.25) is 4.79 Å². The van der Waals surface area contributed by atoms with Crippen molar-refractivity contribution in [2.45, 2.75) is 19.4 Å². The fraction of sp³-hybridized carbons (Fsp3) is 0.250. The molecule has 0 spiro atoms. The van der Waals surface area contributed by atoms with E-state index in [4.69, 9.17) is 6.42 Å². The van der Waals surface area contributed by atoms with Crippen LogP contribution in [0.1, 0.15) is 24.2 Å². The van der Waals surface area contributed by atoms with Gasteiger partial charge in [0.25, 0.3) is 5.91 Å². The summed E-state index contributed by atoms with van der Waals surface area (Å²) in [5.74, 6) is 1.55. The lowest BCUT2D eigenvalue weighted by atomic mass is 10.1. The Labute approximate surface area is 102 Å². The van der Waals surface area contributed by atoms with Crippen LogP contribution >= 0.6 is 15.9 Å². The fourth-order valence-electron chi connectivity index (χ4n) is 1.07. The van der Waals surface area contributed by atoms with Crippen molar-refractivity contribution in [1.82, 2.24) is 5.32 Å². The van der Waals surface area contributed by atoms with Crippen LogP contribution in [0.5, 0.6) is 0 Å². The summed E-state index contributed by atoms with van der Waals surface area (Å²) in [7, 11) is 0. The van der Waals surface area contributed by atoms with Gasteiger partial charge in [0, 0.05) is 0 Å². The number of nitrogens with one attached hydrogen (secondary N) is 1. The van der Waals surface area contributed by atoms with Gasteiger partial charge in [0.05, 0.1) is 15.6 Å². The zero-order chi connectivity index (χ0) is 12.3. The fourth-order valence-corrected chi connectivity index (χ4v) is 1.51. The Kier molecular flexibility index (Phi) is 3.71. The highest BCUT2D eigenvalue weighted by Gasteiger charge is 2.20. The van der Waals surface area contributed by atoms with Gasteiger partial charge >= 0.3 is 0 Å². The van der Waals surface area contributed by atoms with Crippen LogP contribution in [0, 0.1) is 18.2 Å². The monoisotopic (exact) mass is 283 g/mol. The van der Waals surface area contributed by atoms with Gasteiger partial charge in [-0.05, 0) is 41.9 Å². The minimum atomic E-state index is -0.761. The SMILES string of the molecule is C#CC(C)(C)NC(=O)c1cccc(F)c1Br. The molecule has 0 heterocycles. The van der Waals surface area contributed by atoms with Crippen molar-refractivity contribution in [2.75, 3.05) is 0 Å². The second-order valence-corrected chi connectivity index (χ2v) is 4.62. The van der Waals surface area contributed by atoms with Gasteiger partial charge < -0.3 is 5.32 Å². The number of benzene rings is 1. The van der Waals surface area contributed by atoms with E-state index >= 15 is 0 Å². The first kappa shape index (κ1) is 12.7. The molecule has 1 N–H and O–H groups in total. The van der Waals surface area contributed by atoms with Crippen molar-refractivity contribution in [3.05, 3.63) is 34.1 Å². The Morgan fingerprint density at radius 1 is 1.56 bits per heavy atom. The molecular weight excluding hydrogens is 273 g/mol. The van der Waals surface area contributed by atoms with Crippen LogP contribution in [0.3, 0.4) is 0 Å². The summed E-state index contributed by atoms with van der Waals surface area (Å²) >= 11 is 3.02. The molecule has 0 radical (unpaired) electrons. The van der Waals surface area contributed by atoms with Crippen LogP contribution in [-0.2, 0) is 0 Å². The van der Waals surface area contributed by atoms with Crippen molar-refractivity contribution < 1.29 is 9.18 Å². The van der Waals surface area contributed by atoms with Crippen LogP contribution < -0.4 is 5.32 Å². The van der Waals surface area contributed by atoms with Gasteiger partial charge in [-0.2, -0.15) is 0 Å². The molecule has 84 valence electrons. The standard InChI is InChI=1S/C12H11BrFNO/c1-4-12(2,3)15-11(16)8-6-5-7-9(14)10(8)13/h1,5-7H,2-3H3,(H,15,16). The topological polar surface area (TPSA) is 29.1 Å². The smallest absolute Gasteiger partial charge is 0.253 e. The average Bonchev–Trinajstić information content (AvgIpc) is 2.21. The molecule has 2 nitrogen and oxygen atoms in total. The lowest BCUT2D eigenvalue weighted by molar-refractivity contribution is 0.0928. The lowest BCUT2D eigenvalue weighted by Gasteiger charge is -2.19. The van der Waals surface area contributed by atoms with Crippen molar-refractivity contribution in [3.63, 3.8) is 0 Å². The maximum absolute atomic E-state index is 13.2. The van der Waals surface area contributed by atoms with E-state index in [1.807, 2.05) is 0 Å². The van der Waals surface area contributed by atoms with Crippen LogP contribution in [0.15, 0.2) is 22.7 Å². The summed E-state index contributed by atoms with van der Waals surface area (Å²) in [5.41, 5.74) is -0.536. The summed E-state index contributed by atoms with van der Waals surface area (Å²) in [4.78, 5) is 11.8. The maximum atomic E-state index is 13.2. The van der Waals surface area contributed by atoms with E-state index in [1.54, 1.807) is 13.8 Å². The quantitative estimate of drug-likeness (QED) is 0.831. The van der Waals surface area contributed by atoms with Crippen molar-refractivity contribution in [1.29, 1.82) is 0 Å². The first-order chi connectivity index (χ1) is 7.37. The average molecular weight is 284 g/mol. The Balaban J connectivity index is 2.99. The second kappa shape index (κ2) is 4.67. The number of carbonyl (C=O) groups excluding carboxylic acids is 1. The van der Waals surface area contributed by atoms with Crippen LogP contribution in [0.2, 0.25) is 0 Å². The normalized spacial score (nSPS) is 10.7. The third kappa shape index (κ3) is 2.83. The molecule has 0 aliphatic heterocycles. The third-order valence-electron chi connectivity index (χ3n) is 1.98. The number of rotatable bonds is 2. The van der Waals surface area contributed by atoms with Gasteiger partial charge in [0.15, 0.2) is 0 Å². The van der Waals surface area contributed by atoms with Gasteiger partial charge in [0.1, 0.15) is 5.82 Å². The number of hydrogen-bond acceptors (Lipinski definition) is 1. The number of terminal acetylenes is 1.